The molecule has 0 saturated carbocycles. The summed E-state index contributed by atoms with van der Waals surface area (Å²) in [6.07, 6.45) is 1.48. The van der Waals surface area contributed by atoms with Crippen LogP contribution in [0, 0.1) is 12.7 Å². The number of aryl methyl sites for hydroxylation is 2. The van der Waals surface area contributed by atoms with Crippen LogP contribution < -0.4 is 10.5 Å². The second kappa shape index (κ2) is 6.45. The molecule has 0 radical (unpaired) electrons. The van der Waals surface area contributed by atoms with Crippen LogP contribution in [0.3, 0.4) is 0 Å². The number of aromatic nitrogens is 2. The lowest BCUT2D eigenvalue weighted by Gasteiger charge is -2.12. The van der Waals surface area contributed by atoms with Crippen molar-refractivity contribution < 1.29 is 9.13 Å². The van der Waals surface area contributed by atoms with E-state index in [4.69, 9.17) is 22.1 Å². The molecule has 2 N–H and O–H groups in total. The van der Waals surface area contributed by atoms with Crippen molar-refractivity contribution in [3.63, 3.8) is 0 Å². The van der Waals surface area contributed by atoms with Gasteiger partial charge in [-0.05, 0) is 31.9 Å². The zero-order valence-corrected chi connectivity index (χ0v) is 13.1. The van der Waals surface area contributed by atoms with E-state index in [0.29, 0.717) is 12.3 Å². The summed E-state index contributed by atoms with van der Waals surface area (Å²) in [5.74, 6) is -0.00172. The lowest BCUT2D eigenvalue weighted by molar-refractivity contribution is 0.398. The molecule has 0 bridgehead atoms. The van der Waals surface area contributed by atoms with Crippen molar-refractivity contribution in [1.29, 1.82) is 0 Å². The molecule has 21 heavy (non-hydrogen) atoms. The van der Waals surface area contributed by atoms with Crippen molar-refractivity contribution >= 4 is 11.6 Å². The fourth-order valence-electron chi connectivity index (χ4n) is 2.12. The molecule has 1 aromatic heterocycles. The summed E-state index contributed by atoms with van der Waals surface area (Å²) in [5.41, 5.74) is 7.74. The summed E-state index contributed by atoms with van der Waals surface area (Å²) in [6.45, 7) is 3.91. The van der Waals surface area contributed by atoms with Gasteiger partial charge < -0.3 is 10.5 Å². The highest BCUT2D eigenvalue weighted by atomic mass is 35.5. The second-order valence-corrected chi connectivity index (χ2v) is 5.43. The fourth-order valence-corrected chi connectivity index (χ4v) is 2.28. The van der Waals surface area contributed by atoms with Gasteiger partial charge in [0, 0.05) is 18.7 Å². The molecule has 0 amide bonds. The summed E-state index contributed by atoms with van der Waals surface area (Å²) < 4.78 is 21.3. The van der Waals surface area contributed by atoms with Crippen LogP contribution in [0.2, 0.25) is 5.02 Å². The Balaban J connectivity index is 2.37. The van der Waals surface area contributed by atoms with E-state index in [2.05, 4.69) is 5.10 Å². The molecule has 0 aliphatic rings. The van der Waals surface area contributed by atoms with Crippen LogP contribution >= 0.6 is 11.6 Å². The third kappa shape index (κ3) is 3.36. The first-order chi connectivity index (χ1) is 9.93. The predicted molar refractivity (Wildman–Crippen MR) is 81.4 cm³/mol. The van der Waals surface area contributed by atoms with Crippen molar-refractivity contribution in [3.8, 4) is 11.6 Å². The Morgan fingerprint density at radius 1 is 1.48 bits per heavy atom. The molecule has 6 heteroatoms. The number of halogens is 2. The molecule has 2 aromatic rings. The smallest absolute Gasteiger partial charge is 0.221 e. The highest BCUT2D eigenvalue weighted by molar-refractivity contribution is 6.30. The molecule has 4 nitrogen and oxygen atoms in total. The van der Waals surface area contributed by atoms with E-state index in [1.807, 2.05) is 13.8 Å². The minimum Gasteiger partial charge on any atom is -0.436 e. The van der Waals surface area contributed by atoms with Crippen molar-refractivity contribution in [3.05, 3.63) is 40.3 Å². The SMILES string of the molecule is CCC(N)Cc1c(C)nn(C)c1Oc1cccc(Cl)c1F. The molecule has 2 rings (SSSR count). The molecule has 0 saturated heterocycles. The van der Waals surface area contributed by atoms with Crippen molar-refractivity contribution in [1.82, 2.24) is 9.78 Å². The van der Waals surface area contributed by atoms with Gasteiger partial charge >= 0.3 is 0 Å². The fraction of sp³-hybridized carbons (Fsp3) is 0.400. The normalized spacial score (nSPS) is 12.5. The van der Waals surface area contributed by atoms with Crippen LogP contribution in [-0.2, 0) is 13.5 Å². The molecule has 114 valence electrons. The maximum absolute atomic E-state index is 14.0. The standard InChI is InChI=1S/C15H19ClFN3O/c1-4-10(18)8-11-9(2)19-20(3)15(11)21-13-7-5-6-12(16)14(13)17/h5-7,10H,4,8,18H2,1-3H3. The van der Waals surface area contributed by atoms with Gasteiger partial charge in [-0.3, -0.25) is 0 Å². The minimum atomic E-state index is -0.580. The molecule has 1 heterocycles. The van der Waals surface area contributed by atoms with Gasteiger partial charge in [0.2, 0.25) is 5.88 Å². The summed E-state index contributed by atoms with van der Waals surface area (Å²) in [7, 11) is 1.76. The minimum absolute atomic E-state index is 0.0134. The Hall–Kier alpha value is -1.59. The molecule has 0 spiro atoms. The van der Waals surface area contributed by atoms with Crippen molar-refractivity contribution in [2.75, 3.05) is 0 Å². The number of ether oxygens (including phenoxy) is 1. The van der Waals surface area contributed by atoms with E-state index in [1.165, 1.54) is 12.1 Å². The Bertz CT molecular complexity index is 642. The van der Waals surface area contributed by atoms with Gasteiger partial charge in [-0.25, -0.2) is 9.07 Å². The van der Waals surface area contributed by atoms with Gasteiger partial charge in [0.1, 0.15) is 0 Å². The van der Waals surface area contributed by atoms with E-state index in [0.717, 1.165) is 17.7 Å². The maximum atomic E-state index is 14.0. The molecule has 0 aliphatic heterocycles. The Labute approximate surface area is 128 Å². The van der Waals surface area contributed by atoms with E-state index >= 15 is 0 Å². The zero-order chi connectivity index (χ0) is 15.6. The highest BCUT2D eigenvalue weighted by Crippen LogP contribution is 2.32. The summed E-state index contributed by atoms with van der Waals surface area (Å²) in [4.78, 5) is 0. The maximum Gasteiger partial charge on any atom is 0.221 e. The van der Waals surface area contributed by atoms with Crippen LogP contribution in [0.15, 0.2) is 18.2 Å². The first-order valence-electron chi connectivity index (χ1n) is 6.84. The van der Waals surface area contributed by atoms with E-state index in [1.54, 1.807) is 17.8 Å². The summed E-state index contributed by atoms with van der Waals surface area (Å²) >= 11 is 5.77. The molecular weight excluding hydrogens is 293 g/mol. The molecule has 0 aliphatic carbocycles. The second-order valence-electron chi connectivity index (χ2n) is 5.02. The lowest BCUT2D eigenvalue weighted by atomic mass is 10.1. The number of nitrogens with zero attached hydrogens (tertiary/aromatic N) is 2. The van der Waals surface area contributed by atoms with Crippen LogP contribution in [0.4, 0.5) is 4.39 Å². The van der Waals surface area contributed by atoms with Gasteiger partial charge in [-0.1, -0.05) is 24.6 Å². The first kappa shape index (κ1) is 15.8. The summed E-state index contributed by atoms with van der Waals surface area (Å²) in [5, 5.41) is 4.35. The quantitative estimate of drug-likeness (QED) is 0.918. The van der Waals surface area contributed by atoms with Gasteiger partial charge in [0.25, 0.3) is 0 Å². The molecule has 1 aromatic carbocycles. The third-order valence-electron chi connectivity index (χ3n) is 3.40. The zero-order valence-electron chi connectivity index (χ0n) is 12.4. The topological polar surface area (TPSA) is 53.1 Å². The van der Waals surface area contributed by atoms with Gasteiger partial charge in [0.15, 0.2) is 11.6 Å². The number of benzene rings is 1. The molecular formula is C15H19ClFN3O. The Morgan fingerprint density at radius 3 is 2.86 bits per heavy atom. The van der Waals surface area contributed by atoms with Crippen LogP contribution in [-0.4, -0.2) is 15.8 Å². The number of hydrogen-bond donors (Lipinski definition) is 1. The van der Waals surface area contributed by atoms with Gasteiger partial charge in [-0.2, -0.15) is 5.10 Å². The number of rotatable bonds is 5. The number of hydrogen-bond acceptors (Lipinski definition) is 3. The van der Waals surface area contributed by atoms with Gasteiger partial charge in [0.05, 0.1) is 10.7 Å². The monoisotopic (exact) mass is 311 g/mol. The van der Waals surface area contributed by atoms with Gasteiger partial charge in [-0.15, -0.1) is 0 Å². The third-order valence-corrected chi connectivity index (χ3v) is 3.69. The average molecular weight is 312 g/mol. The molecule has 0 fully saturated rings. The van der Waals surface area contributed by atoms with Crippen LogP contribution in [0.1, 0.15) is 24.6 Å². The van der Waals surface area contributed by atoms with E-state index < -0.39 is 5.82 Å². The van der Waals surface area contributed by atoms with Crippen LogP contribution in [0.25, 0.3) is 0 Å². The largest absolute Gasteiger partial charge is 0.436 e. The average Bonchev–Trinajstić information content (AvgIpc) is 2.70. The highest BCUT2D eigenvalue weighted by Gasteiger charge is 2.19. The van der Waals surface area contributed by atoms with Crippen molar-refractivity contribution in [2.45, 2.75) is 32.7 Å². The first-order valence-corrected chi connectivity index (χ1v) is 7.21. The van der Waals surface area contributed by atoms with Crippen LogP contribution in [0.5, 0.6) is 11.6 Å². The molecule has 1 unspecified atom stereocenters. The van der Waals surface area contributed by atoms with Crippen molar-refractivity contribution in [2.24, 2.45) is 12.8 Å². The van der Waals surface area contributed by atoms with E-state index in [-0.39, 0.29) is 16.8 Å². The Kier molecular flexibility index (Phi) is 4.85. The lowest BCUT2D eigenvalue weighted by Crippen LogP contribution is -2.21. The summed E-state index contributed by atoms with van der Waals surface area (Å²) in [6, 6.07) is 4.67. The molecule has 1 atom stereocenters. The Morgan fingerprint density at radius 2 is 2.19 bits per heavy atom. The van der Waals surface area contributed by atoms with E-state index in [9.17, 15) is 4.39 Å². The predicted octanol–water partition coefficient (Wildman–Crippen LogP) is 3.59. The number of nitrogens with two attached hydrogens (primary N) is 1.